The van der Waals surface area contributed by atoms with Crippen LogP contribution in [0, 0.1) is 11.8 Å². The maximum absolute atomic E-state index is 14.0. The summed E-state index contributed by atoms with van der Waals surface area (Å²) in [4.78, 5) is 44.9. The molecule has 0 N–H and O–H groups in total. The zero-order chi connectivity index (χ0) is 24.3. The Morgan fingerprint density at radius 2 is 1.63 bits per heavy atom. The van der Waals surface area contributed by atoms with E-state index in [1.807, 2.05) is 47.5 Å². The Hall–Kier alpha value is -3.90. The first-order chi connectivity index (χ1) is 17.0. The molecule has 7 heteroatoms. The number of rotatable bonds is 4. The summed E-state index contributed by atoms with van der Waals surface area (Å²) in [5.74, 6) is -2.18. The van der Waals surface area contributed by atoms with E-state index in [1.54, 1.807) is 42.5 Å². The lowest BCUT2D eigenvalue weighted by atomic mass is 9.83. The topological polar surface area (TPSA) is 66.9 Å². The van der Waals surface area contributed by atoms with E-state index in [2.05, 4.69) is 0 Å². The number of anilines is 1. The van der Waals surface area contributed by atoms with Crippen LogP contribution in [0.3, 0.4) is 0 Å². The predicted octanol–water partition coefficient (Wildman–Crippen LogP) is 4.75. The highest BCUT2D eigenvalue weighted by molar-refractivity contribution is 6.32. The lowest BCUT2D eigenvalue weighted by Crippen LogP contribution is -2.44. The van der Waals surface area contributed by atoms with Gasteiger partial charge in [-0.3, -0.25) is 14.4 Å². The number of nitrogens with zero attached hydrogens (tertiary/aromatic N) is 2. The van der Waals surface area contributed by atoms with Crippen LogP contribution >= 0.6 is 11.6 Å². The van der Waals surface area contributed by atoms with Crippen LogP contribution in [0.25, 0.3) is 6.08 Å². The van der Waals surface area contributed by atoms with Gasteiger partial charge in [0.25, 0.3) is 0 Å². The quantitative estimate of drug-likeness (QED) is 0.395. The van der Waals surface area contributed by atoms with Gasteiger partial charge >= 0.3 is 0 Å². The molecule has 6 nitrogen and oxygen atoms in total. The molecular weight excluding hydrogens is 464 g/mol. The number of Topliss-reactive ketones (excluding diaryl/α,β-unsaturated/α-hetero) is 1. The molecule has 0 aliphatic carbocycles. The van der Waals surface area contributed by atoms with E-state index < -0.39 is 29.8 Å². The molecule has 0 aromatic heterocycles. The molecular formula is C28H21ClN2O4. The number of amides is 2. The number of imide groups is 1. The molecule has 3 aromatic carbocycles. The monoisotopic (exact) mass is 484 g/mol. The number of ether oxygens (including phenoxy) is 1. The molecule has 1 unspecified atom stereocenters. The molecule has 2 saturated heterocycles. The third-order valence-electron chi connectivity index (χ3n) is 7.17. The Labute approximate surface area is 207 Å². The molecule has 3 aliphatic rings. The molecule has 0 radical (unpaired) electrons. The summed E-state index contributed by atoms with van der Waals surface area (Å²) < 4.78 is 5.44. The summed E-state index contributed by atoms with van der Waals surface area (Å²) in [6, 6.07) is 20.3. The first-order valence-corrected chi connectivity index (χ1v) is 11.7. The molecule has 3 aromatic rings. The van der Waals surface area contributed by atoms with E-state index in [1.165, 1.54) is 7.11 Å². The second kappa shape index (κ2) is 8.10. The Balaban J connectivity index is 1.52. The van der Waals surface area contributed by atoms with Crippen LogP contribution in [0.15, 0.2) is 79.0 Å². The molecule has 0 saturated carbocycles. The normalized spacial score (nSPS) is 24.3. The summed E-state index contributed by atoms with van der Waals surface area (Å²) in [6.07, 6.45) is 3.78. The maximum atomic E-state index is 14.0. The first kappa shape index (κ1) is 21.6. The van der Waals surface area contributed by atoms with Gasteiger partial charge in [0.15, 0.2) is 5.78 Å². The molecule has 4 atom stereocenters. The molecule has 3 heterocycles. The number of hydrogen-bond acceptors (Lipinski definition) is 5. The van der Waals surface area contributed by atoms with Gasteiger partial charge in [-0.25, -0.2) is 4.90 Å². The van der Waals surface area contributed by atoms with Crippen LogP contribution in [0.2, 0.25) is 5.02 Å². The zero-order valence-corrected chi connectivity index (χ0v) is 19.6. The van der Waals surface area contributed by atoms with Gasteiger partial charge in [0.05, 0.1) is 30.7 Å². The van der Waals surface area contributed by atoms with E-state index in [0.717, 1.165) is 16.0 Å². The number of fused-ring (bicyclic) bond motifs is 5. The van der Waals surface area contributed by atoms with Gasteiger partial charge in [-0.2, -0.15) is 0 Å². The van der Waals surface area contributed by atoms with Gasteiger partial charge in [0.1, 0.15) is 11.8 Å². The summed E-state index contributed by atoms with van der Waals surface area (Å²) in [7, 11) is 1.48. The van der Waals surface area contributed by atoms with Gasteiger partial charge in [-0.15, -0.1) is 0 Å². The van der Waals surface area contributed by atoms with Gasteiger partial charge < -0.3 is 9.64 Å². The number of hydrogen-bond donors (Lipinski definition) is 0. The Morgan fingerprint density at radius 3 is 2.40 bits per heavy atom. The fourth-order valence-corrected chi connectivity index (χ4v) is 5.87. The lowest BCUT2D eigenvalue weighted by molar-refractivity contribution is -0.123. The highest BCUT2D eigenvalue weighted by Crippen LogP contribution is 2.54. The maximum Gasteiger partial charge on any atom is 0.240 e. The summed E-state index contributed by atoms with van der Waals surface area (Å²) >= 11 is 6.23. The Bertz CT molecular complexity index is 1400. The zero-order valence-electron chi connectivity index (χ0n) is 18.8. The highest BCUT2D eigenvalue weighted by atomic mass is 35.5. The number of benzene rings is 3. The minimum absolute atomic E-state index is 0.187. The molecule has 0 spiro atoms. The van der Waals surface area contributed by atoms with E-state index >= 15 is 0 Å². The number of halogens is 1. The SMILES string of the molecule is COc1ccc(Cl)cc1N1C(=O)[C@@H]2[C@H](C1=O)C1c3ccccc3C=CN1[C@@H]2C(=O)c1ccccc1. The average molecular weight is 485 g/mol. The van der Waals surface area contributed by atoms with Crippen LogP contribution in [0.5, 0.6) is 5.75 Å². The van der Waals surface area contributed by atoms with E-state index in [4.69, 9.17) is 16.3 Å². The standard InChI is InChI=1S/C28H21ClN2O4/c1-35-21-12-11-18(29)15-20(21)31-27(33)22-23(28(31)34)25(26(32)17-8-3-2-4-9-17)30-14-13-16-7-5-6-10-19(16)24(22)30/h2-15,22-25H,1H3/t22-,23+,24?,25-/m0/s1. The van der Waals surface area contributed by atoms with Crippen molar-refractivity contribution in [1.82, 2.24) is 4.90 Å². The van der Waals surface area contributed by atoms with E-state index in [9.17, 15) is 14.4 Å². The predicted molar refractivity (Wildman–Crippen MR) is 132 cm³/mol. The van der Waals surface area contributed by atoms with E-state index in [0.29, 0.717) is 22.0 Å². The van der Waals surface area contributed by atoms with Crippen LogP contribution in [0.1, 0.15) is 27.5 Å². The van der Waals surface area contributed by atoms with E-state index in [-0.39, 0.29) is 11.7 Å². The number of carbonyl (C=O) groups is 3. The van der Waals surface area contributed by atoms with Crippen molar-refractivity contribution in [3.8, 4) is 5.75 Å². The van der Waals surface area contributed by atoms with Gasteiger partial charge in [0, 0.05) is 16.8 Å². The Kier molecular flexibility index (Phi) is 5.00. The van der Waals surface area contributed by atoms with Crippen molar-refractivity contribution in [1.29, 1.82) is 0 Å². The second-order valence-electron chi connectivity index (χ2n) is 8.89. The van der Waals surface area contributed by atoms with Crippen molar-refractivity contribution in [2.45, 2.75) is 12.1 Å². The van der Waals surface area contributed by atoms with Crippen LogP contribution in [-0.2, 0) is 9.59 Å². The minimum Gasteiger partial charge on any atom is -0.495 e. The first-order valence-electron chi connectivity index (χ1n) is 11.4. The van der Waals surface area contributed by atoms with Crippen molar-refractivity contribution in [3.05, 3.63) is 101 Å². The highest BCUT2D eigenvalue weighted by Gasteiger charge is 2.64. The molecule has 0 bridgehead atoms. The van der Waals surface area contributed by atoms with Gasteiger partial charge in [0.2, 0.25) is 11.8 Å². The lowest BCUT2D eigenvalue weighted by Gasteiger charge is -2.35. The van der Waals surface area contributed by atoms with Crippen LogP contribution in [-0.4, -0.2) is 35.6 Å². The fraction of sp³-hybridized carbons (Fsp3) is 0.179. The van der Waals surface area contributed by atoms with Gasteiger partial charge in [-0.1, -0.05) is 66.2 Å². The fourth-order valence-electron chi connectivity index (χ4n) is 5.71. The van der Waals surface area contributed by atoms with Crippen LogP contribution in [0.4, 0.5) is 5.69 Å². The smallest absolute Gasteiger partial charge is 0.240 e. The molecule has 3 aliphatic heterocycles. The van der Waals surface area contributed by atoms with Crippen molar-refractivity contribution in [2.75, 3.05) is 12.0 Å². The molecule has 174 valence electrons. The summed E-state index contributed by atoms with van der Waals surface area (Å²) in [6.45, 7) is 0. The minimum atomic E-state index is -0.848. The van der Waals surface area contributed by atoms with Gasteiger partial charge in [-0.05, 0) is 35.4 Å². The van der Waals surface area contributed by atoms with Crippen molar-refractivity contribution in [3.63, 3.8) is 0 Å². The van der Waals surface area contributed by atoms with Crippen molar-refractivity contribution >= 4 is 41.0 Å². The second-order valence-corrected chi connectivity index (χ2v) is 9.33. The molecule has 2 fully saturated rings. The average Bonchev–Trinajstić information content (AvgIpc) is 3.36. The molecule has 35 heavy (non-hydrogen) atoms. The van der Waals surface area contributed by atoms with Crippen molar-refractivity contribution in [2.24, 2.45) is 11.8 Å². The molecule has 6 rings (SSSR count). The third kappa shape index (κ3) is 3.13. The summed E-state index contributed by atoms with van der Waals surface area (Å²) in [5.41, 5.74) is 2.69. The Morgan fingerprint density at radius 1 is 0.914 bits per heavy atom. The van der Waals surface area contributed by atoms with Crippen LogP contribution < -0.4 is 9.64 Å². The number of methoxy groups -OCH3 is 1. The number of ketones is 1. The largest absolute Gasteiger partial charge is 0.495 e. The number of carbonyl (C=O) groups excluding carboxylic acids is 3. The van der Waals surface area contributed by atoms with Crippen molar-refractivity contribution < 1.29 is 19.1 Å². The third-order valence-corrected chi connectivity index (χ3v) is 7.41. The summed E-state index contributed by atoms with van der Waals surface area (Å²) in [5, 5.41) is 0.378. The molecule has 2 amide bonds.